The summed E-state index contributed by atoms with van der Waals surface area (Å²) in [5, 5.41) is 71.3. The van der Waals surface area contributed by atoms with Crippen molar-refractivity contribution in [3.05, 3.63) is 12.0 Å². The van der Waals surface area contributed by atoms with Crippen LogP contribution < -0.4 is 0 Å². The molecular weight excluding hydrogens is 224 g/mol. The molecule has 8 N–H and O–H groups in total. The molecule has 0 saturated carbocycles. The van der Waals surface area contributed by atoms with Crippen LogP contribution in [0.2, 0.25) is 0 Å². The number of hydrogen-bond donors (Lipinski definition) is 8. The van der Waals surface area contributed by atoms with Crippen molar-refractivity contribution in [2.75, 3.05) is 6.61 Å². The molecule has 8 heteroatoms. The van der Waals surface area contributed by atoms with Crippen molar-refractivity contribution in [3.63, 3.8) is 0 Å². The third-order valence-corrected chi connectivity index (χ3v) is 2.04. The second-order valence-corrected chi connectivity index (χ2v) is 3.22. The number of rotatable bonds is 6. The minimum Gasteiger partial charge on any atom is -0.512 e. The first kappa shape index (κ1) is 15.1. The average molecular weight is 240 g/mol. The molecule has 0 aromatic rings. The largest absolute Gasteiger partial charge is 0.512 e. The Morgan fingerprint density at radius 1 is 0.938 bits per heavy atom. The first-order valence-electron chi connectivity index (χ1n) is 4.41. The summed E-state index contributed by atoms with van der Waals surface area (Å²) in [6.45, 7) is -0.858. The molecule has 0 fully saturated rings. The first-order valence-corrected chi connectivity index (χ1v) is 4.41. The van der Waals surface area contributed by atoms with E-state index in [1.165, 1.54) is 0 Å². The maximum Gasteiger partial charge on any atom is 0.158 e. The summed E-state index contributed by atoms with van der Waals surface area (Å²) in [6.07, 6.45) is -9.60. The lowest BCUT2D eigenvalue weighted by atomic mass is 9.99. The van der Waals surface area contributed by atoms with Crippen molar-refractivity contribution in [1.82, 2.24) is 0 Å². The van der Waals surface area contributed by atoms with Crippen molar-refractivity contribution < 1.29 is 40.9 Å². The summed E-state index contributed by atoms with van der Waals surface area (Å²) in [4.78, 5) is 0. The van der Waals surface area contributed by atoms with Crippen LogP contribution in [0.1, 0.15) is 0 Å². The topological polar surface area (TPSA) is 162 Å². The van der Waals surface area contributed by atoms with E-state index in [0.29, 0.717) is 0 Å². The zero-order valence-electron chi connectivity index (χ0n) is 8.25. The van der Waals surface area contributed by atoms with Crippen LogP contribution in [-0.2, 0) is 0 Å². The number of aliphatic hydroxyl groups is 8. The van der Waals surface area contributed by atoms with Gasteiger partial charge in [0.25, 0.3) is 0 Å². The predicted molar refractivity (Wildman–Crippen MR) is 50.5 cm³/mol. The summed E-state index contributed by atoms with van der Waals surface area (Å²) in [5.41, 5.74) is 0. The first-order chi connectivity index (χ1) is 7.36. The Balaban J connectivity index is 4.54. The third-order valence-electron chi connectivity index (χ3n) is 2.04. The van der Waals surface area contributed by atoms with Gasteiger partial charge in [0, 0.05) is 0 Å². The standard InChI is InChI=1S/C8H16O8/c9-1-3(11)5(13)7(15)8(16)6(14)4(12)2-10/h1,4-16H,2H2/b3-1-/t4?,5-,6-,7-,8-/m1/s1. The Labute approximate surface area is 91.0 Å². The summed E-state index contributed by atoms with van der Waals surface area (Å²) in [6, 6.07) is 0. The summed E-state index contributed by atoms with van der Waals surface area (Å²) in [7, 11) is 0. The third kappa shape index (κ3) is 3.59. The fourth-order valence-electron chi connectivity index (χ4n) is 0.976. The Bertz CT molecular complexity index is 230. The van der Waals surface area contributed by atoms with Crippen LogP contribution in [0.25, 0.3) is 0 Å². The van der Waals surface area contributed by atoms with E-state index in [1.54, 1.807) is 0 Å². The van der Waals surface area contributed by atoms with E-state index in [2.05, 4.69) is 0 Å². The molecule has 0 radical (unpaired) electrons. The van der Waals surface area contributed by atoms with E-state index in [9.17, 15) is 10.2 Å². The van der Waals surface area contributed by atoms with Gasteiger partial charge in [-0.3, -0.25) is 0 Å². The SMILES string of the molecule is O/C=C(\O)[C@@H](O)[C@@H](O)[C@H](O)[C@H](O)C(O)CO. The number of hydrogen-bond acceptors (Lipinski definition) is 8. The van der Waals surface area contributed by atoms with Gasteiger partial charge in [-0.15, -0.1) is 0 Å². The molecular formula is C8H16O8. The van der Waals surface area contributed by atoms with Crippen LogP contribution in [0, 0.1) is 0 Å². The van der Waals surface area contributed by atoms with E-state index >= 15 is 0 Å². The summed E-state index contributed by atoms with van der Waals surface area (Å²) in [5.74, 6) is -1.02. The highest BCUT2D eigenvalue weighted by Crippen LogP contribution is 2.12. The highest BCUT2D eigenvalue weighted by molar-refractivity contribution is 4.99. The Kier molecular flexibility index (Phi) is 6.26. The lowest BCUT2D eigenvalue weighted by molar-refractivity contribution is -0.138. The molecule has 0 amide bonds. The normalized spacial score (nSPS) is 22.2. The van der Waals surface area contributed by atoms with E-state index in [1.807, 2.05) is 0 Å². The van der Waals surface area contributed by atoms with Gasteiger partial charge in [0.05, 0.1) is 6.61 Å². The van der Waals surface area contributed by atoms with Gasteiger partial charge >= 0.3 is 0 Å². The van der Waals surface area contributed by atoms with Crippen molar-refractivity contribution >= 4 is 0 Å². The molecule has 0 aliphatic carbocycles. The van der Waals surface area contributed by atoms with Crippen LogP contribution in [0.5, 0.6) is 0 Å². The van der Waals surface area contributed by atoms with Gasteiger partial charge in [0.2, 0.25) is 0 Å². The van der Waals surface area contributed by atoms with Gasteiger partial charge in [0.15, 0.2) is 5.76 Å². The maximum atomic E-state index is 9.25. The zero-order valence-corrected chi connectivity index (χ0v) is 8.25. The van der Waals surface area contributed by atoms with Crippen LogP contribution in [0.15, 0.2) is 12.0 Å². The second-order valence-electron chi connectivity index (χ2n) is 3.22. The molecule has 0 saturated heterocycles. The smallest absolute Gasteiger partial charge is 0.158 e. The molecule has 16 heavy (non-hydrogen) atoms. The molecule has 1 unspecified atom stereocenters. The minimum absolute atomic E-state index is 0.107. The zero-order chi connectivity index (χ0) is 12.9. The predicted octanol–water partition coefficient (Wildman–Crippen LogP) is -3.26. The average Bonchev–Trinajstić information content (AvgIpc) is 2.32. The molecule has 8 nitrogen and oxygen atoms in total. The summed E-state index contributed by atoms with van der Waals surface area (Å²) < 4.78 is 0. The fraction of sp³-hybridized carbons (Fsp3) is 0.750. The fourth-order valence-corrected chi connectivity index (χ4v) is 0.976. The Morgan fingerprint density at radius 3 is 1.81 bits per heavy atom. The molecule has 0 spiro atoms. The van der Waals surface area contributed by atoms with E-state index in [4.69, 9.17) is 30.6 Å². The van der Waals surface area contributed by atoms with E-state index < -0.39 is 42.9 Å². The summed E-state index contributed by atoms with van der Waals surface area (Å²) >= 11 is 0. The highest BCUT2D eigenvalue weighted by Gasteiger charge is 2.35. The van der Waals surface area contributed by atoms with Crippen molar-refractivity contribution in [2.24, 2.45) is 0 Å². The van der Waals surface area contributed by atoms with Gasteiger partial charge in [-0.25, -0.2) is 0 Å². The van der Waals surface area contributed by atoms with Crippen LogP contribution >= 0.6 is 0 Å². The minimum atomic E-state index is -2.04. The molecule has 96 valence electrons. The molecule has 0 heterocycles. The maximum absolute atomic E-state index is 9.25. The molecule has 0 aliphatic heterocycles. The molecule has 0 aromatic heterocycles. The lowest BCUT2D eigenvalue weighted by Gasteiger charge is -2.27. The quantitative estimate of drug-likeness (QED) is 0.224. The highest BCUT2D eigenvalue weighted by atomic mass is 16.4. The van der Waals surface area contributed by atoms with Gasteiger partial charge < -0.3 is 40.9 Å². The van der Waals surface area contributed by atoms with Crippen molar-refractivity contribution in [2.45, 2.75) is 30.5 Å². The van der Waals surface area contributed by atoms with Gasteiger partial charge in [-0.05, 0) is 0 Å². The second kappa shape index (κ2) is 6.63. The molecule has 0 aromatic carbocycles. The monoisotopic (exact) mass is 240 g/mol. The van der Waals surface area contributed by atoms with Crippen molar-refractivity contribution in [1.29, 1.82) is 0 Å². The molecule has 5 atom stereocenters. The lowest BCUT2D eigenvalue weighted by Crippen LogP contribution is -2.50. The van der Waals surface area contributed by atoms with Gasteiger partial charge in [-0.1, -0.05) is 0 Å². The van der Waals surface area contributed by atoms with Crippen LogP contribution in [-0.4, -0.2) is 78.0 Å². The molecule has 0 aliphatic rings. The van der Waals surface area contributed by atoms with E-state index in [-0.39, 0.29) is 6.26 Å². The van der Waals surface area contributed by atoms with Crippen LogP contribution in [0.4, 0.5) is 0 Å². The molecule has 0 rings (SSSR count). The van der Waals surface area contributed by atoms with E-state index in [0.717, 1.165) is 0 Å². The van der Waals surface area contributed by atoms with Crippen molar-refractivity contribution in [3.8, 4) is 0 Å². The van der Waals surface area contributed by atoms with Gasteiger partial charge in [-0.2, -0.15) is 0 Å². The Hall–Kier alpha value is -0.900. The van der Waals surface area contributed by atoms with Gasteiger partial charge in [0.1, 0.15) is 36.8 Å². The molecule has 0 bridgehead atoms. The Morgan fingerprint density at radius 2 is 1.44 bits per heavy atom. The van der Waals surface area contributed by atoms with Crippen LogP contribution in [0.3, 0.4) is 0 Å². The number of aliphatic hydroxyl groups excluding tert-OH is 8.